The summed E-state index contributed by atoms with van der Waals surface area (Å²) in [4.78, 5) is 128. The van der Waals surface area contributed by atoms with Crippen molar-refractivity contribution in [1.29, 1.82) is 0 Å². The molecule has 3 aromatic heterocycles. The second-order valence-electron chi connectivity index (χ2n) is 28.3. The molecular weight excluding hydrogens is 1560 g/mol. The second-order valence-corrected chi connectivity index (χ2v) is 30.8. The molecule has 6 amide bonds. The molecule has 6 aliphatic rings. The van der Waals surface area contributed by atoms with Gasteiger partial charge in [-0.15, -0.1) is 0 Å². The first-order chi connectivity index (χ1) is 53.0. The lowest BCUT2D eigenvalue weighted by molar-refractivity contribution is 0.0676. The van der Waals surface area contributed by atoms with Gasteiger partial charge in [-0.05, 0) is 57.0 Å². The van der Waals surface area contributed by atoms with E-state index in [1.54, 1.807) is 23.8 Å². The minimum Gasteiger partial charge on any atom is -0.503 e. The quantitative estimate of drug-likeness (QED) is 0.0323. The van der Waals surface area contributed by atoms with Gasteiger partial charge in [0.2, 0.25) is 16.3 Å². The van der Waals surface area contributed by atoms with E-state index >= 15 is 0 Å². The fourth-order valence-corrected chi connectivity index (χ4v) is 13.7. The van der Waals surface area contributed by atoms with Crippen molar-refractivity contribution in [3.63, 3.8) is 0 Å². The number of aromatic hydroxyl groups is 1. The van der Waals surface area contributed by atoms with Gasteiger partial charge in [-0.2, -0.15) is 0 Å². The van der Waals surface area contributed by atoms with Crippen LogP contribution in [0, 0.1) is 34.9 Å². The number of hydrogen-bond donors (Lipinski definition) is 5. The van der Waals surface area contributed by atoms with Crippen LogP contribution < -0.4 is 47.0 Å². The molecule has 111 heavy (non-hydrogen) atoms. The molecule has 6 aliphatic heterocycles. The third kappa shape index (κ3) is 19.0. The number of nitrogens with zero attached hydrogens (tertiary/aromatic N) is 8. The number of hydrogen-bond acceptors (Lipinski definition) is 15. The molecule has 0 radical (unpaired) electrons. The van der Waals surface area contributed by atoms with Gasteiger partial charge in [-0.3, -0.25) is 53.0 Å². The number of rotatable bonds is 17. The minimum absolute atomic E-state index is 0.0327. The molecule has 3 fully saturated rings. The average molecular weight is 1650 g/mol. The van der Waals surface area contributed by atoms with Crippen molar-refractivity contribution >= 4 is 58.0 Å². The standard InChI is InChI=1S/C29H30F2N4O4.C26H24F2N4O4.C22H24F2N4O4.C3H7I/c1-18(2)33-10-11-34-15-22(14-33)35-16-23(28(37)32-13-20-8-9-21(30)12-24(20)31)26(36)27(25(35)29(34)38)39-17-19-6-4-3-5-7-19;27-18-7-6-17(21(28)10-18)11-30-25(34)20-14-32-19-12-29-8-9-31(13-19)26(35)22(32)24(23(20)33)36-15-16-4-2-1-3-5-16;1-12(2)26-5-6-27-10-15(9-26)28-11-16(19(29)20(30)18(28)22(27)32)21(31)25-8-13-3-4-14(23)7-17(13)24;1-3(2)4/h3-9,12,16,18,22H,10-11,13-15,17H2,1-2H3,(H,32,37);1-7,10,14,19,29H,8-9,11-13,15H2,(H,30,34);3-4,7,11-12,15,30H,5-6,8-10H2,1-2H3,(H,25,31);3H,1-2H3. The molecule has 5 aromatic carbocycles. The highest BCUT2D eigenvalue weighted by atomic mass is 127. The highest BCUT2D eigenvalue weighted by molar-refractivity contribution is 14.1. The molecule has 8 aromatic rings. The number of alkyl halides is 1. The van der Waals surface area contributed by atoms with Crippen molar-refractivity contribution in [3.8, 4) is 17.2 Å². The van der Waals surface area contributed by atoms with Crippen molar-refractivity contribution < 1.29 is 69.7 Å². The van der Waals surface area contributed by atoms with Crippen LogP contribution in [0.5, 0.6) is 17.2 Å². The number of nitrogens with one attached hydrogen (secondary N) is 4. The van der Waals surface area contributed by atoms with Crippen LogP contribution >= 0.6 is 22.6 Å². The Hall–Kier alpha value is -10.6. The Morgan fingerprint density at radius 1 is 0.468 bits per heavy atom. The van der Waals surface area contributed by atoms with Gasteiger partial charge < -0.3 is 64.2 Å². The smallest absolute Gasteiger partial charge is 0.274 e. The predicted octanol–water partition coefficient (Wildman–Crippen LogP) is 8.90. The van der Waals surface area contributed by atoms with Crippen molar-refractivity contribution in [2.24, 2.45) is 0 Å². The van der Waals surface area contributed by atoms with Crippen LogP contribution in [0.1, 0.15) is 150 Å². The molecule has 6 bridgehead atoms. The monoisotopic (exact) mass is 1650 g/mol. The Bertz CT molecular complexity index is 5010. The third-order valence-electron chi connectivity index (χ3n) is 19.7. The summed E-state index contributed by atoms with van der Waals surface area (Å²) in [5.74, 6) is -9.22. The molecular formula is C80H85F6IN12O12. The topological polar surface area (TPSA) is 271 Å². The van der Waals surface area contributed by atoms with Crippen molar-refractivity contribution in [1.82, 2.24) is 59.5 Å². The molecule has 14 rings (SSSR count). The first-order valence-electron chi connectivity index (χ1n) is 36.3. The summed E-state index contributed by atoms with van der Waals surface area (Å²) in [6.07, 6.45) is 4.07. The van der Waals surface area contributed by atoms with E-state index in [0.29, 0.717) is 84.6 Å². The second kappa shape index (κ2) is 36.0. The first kappa shape index (κ1) is 81.4. The van der Waals surface area contributed by atoms with Crippen LogP contribution in [0.4, 0.5) is 26.3 Å². The summed E-state index contributed by atoms with van der Waals surface area (Å²) < 4.78 is 99.1. The van der Waals surface area contributed by atoms with Gasteiger partial charge in [0.05, 0.1) is 18.1 Å². The van der Waals surface area contributed by atoms with E-state index in [2.05, 4.69) is 81.4 Å². The fraction of sp³-hybridized carbons (Fsp3) is 0.362. The Kier molecular flexibility index (Phi) is 26.4. The summed E-state index contributed by atoms with van der Waals surface area (Å²) in [5, 5.41) is 21.3. The van der Waals surface area contributed by atoms with Crippen LogP contribution in [0.2, 0.25) is 0 Å². The van der Waals surface area contributed by atoms with E-state index in [0.717, 1.165) is 45.4 Å². The van der Waals surface area contributed by atoms with Gasteiger partial charge >= 0.3 is 0 Å². The maximum absolute atomic E-state index is 14.1. The Morgan fingerprint density at radius 2 is 0.811 bits per heavy atom. The van der Waals surface area contributed by atoms with E-state index in [1.165, 1.54) is 41.4 Å². The Labute approximate surface area is 649 Å². The SMILES string of the molecule is CC(C)I.CC(C)N1CCN2CC(C1)n1cc(C(=O)NCc3ccc(F)cc3F)c(=O)c(O)c1C2=O.CC(C)N1CCN2CC(C1)n1cc(C(=O)NCc3ccc(F)cc3F)c(=O)c(OCc3ccccc3)c1C2=O.O=C(NCc1ccc(F)cc1F)c1cn2c(c(OCc3ccccc3)c1=O)C(=O)N1CCNCC2C1. The minimum atomic E-state index is -0.970. The predicted molar refractivity (Wildman–Crippen MR) is 408 cm³/mol. The number of halogens is 7. The molecule has 9 heterocycles. The summed E-state index contributed by atoms with van der Waals surface area (Å²) in [7, 11) is 0. The zero-order valence-corrected chi connectivity index (χ0v) is 64.0. The number of carbonyl (C=O) groups is 6. The molecule has 31 heteroatoms. The van der Waals surface area contributed by atoms with E-state index in [4.69, 9.17) is 9.47 Å². The first-order valence-corrected chi connectivity index (χ1v) is 37.6. The van der Waals surface area contributed by atoms with E-state index in [9.17, 15) is 74.6 Å². The summed E-state index contributed by atoms with van der Waals surface area (Å²) in [6.45, 7) is 18.3. The number of fused-ring (bicyclic) bond motifs is 12. The normalized spacial score (nSPS) is 17.1. The Balaban J connectivity index is 0.000000161. The van der Waals surface area contributed by atoms with Crippen LogP contribution in [-0.2, 0) is 32.8 Å². The zero-order valence-electron chi connectivity index (χ0n) is 61.8. The lowest BCUT2D eigenvalue weighted by Gasteiger charge is -2.35. The number of aromatic nitrogens is 3. The number of ether oxygens (including phenoxy) is 2. The van der Waals surface area contributed by atoms with Gasteiger partial charge in [0.1, 0.15) is 64.8 Å². The van der Waals surface area contributed by atoms with E-state index in [-0.39, 0.29) is 137 Å². The number of carbonyl (C=O) groups excluding carboxylic acids is 6. The van der Waals surface area contributed by atoms with Gasteiger partial charge in [0.15, 0.2) is 34.3 Å². The van der Waals surface area contributed by atoms with E-state index < -0.39 is 80.6 Å². The van der Waals surface area contributed by atoms with E-state index in [1.807, 2.05) is 74.5 Å². The van der Waals surface area contributed by atoms with Gasteiger partial charge in [0, 0.05) is 168 Å². The molecule has 3 unspecified atom stereocenters. The highest BCUT2D eigenvalue weighted by Crippen LogP contribution is 2.34. The Morgan fingerprint density at radius 3 is 1.19 bits per heavy atom. The van der Waals surface area contributed by atoms with Crippen molar-refractivity contribution in [2.45, 2.75) is 109 Å². The van der Waals surface area contributed by atoms with Gasteiger partial charge in [0.25, 0.3) is 35.4 Å². The maximum Gasteiger partial charge on any atom is 0.274 e. The molecule has 3 atom stereocenters. The van der Waals surface area contributed by atoms with Gasteiger partial charge in [-0.25, -0.2) is 26.3 Å². The third-order valence-corrected chi connectivity index (χ3v) is 19.7. The van der Waals surface area contributed by atoms with Crippen LogP contribution in [0.25, 0.3) is 0 Å². The van der Waals surface area contributed by atoms with Crippen LogP contribution in [0.3, 0.4) is 0 Å². The van der Waals surface area contributed by atoms with Crippen molar-refractivity contribution in [3.05, 3.63) is 261 Å². The lowest BCUT2D eigenvalue weighted by Crippen LogP contribution is -2.46. The summed E-state index contributed by atoms with van der Waals surface area (Å²) in [6, 6.07) is 27.2. The number of amides is 6. The van der Waals surface area contributed by atoms with Gasteiger partial charge in [-0.1, -0.05) is 115 Å². The number of benzene rings is 5. The lowest BCUT2D eigenvalue weighted by atomic mass is 10.1. The van der Waals surface area contributed by atoms with Crippen LogP contribution in [-0.4, -0.2) is 173 Å². The van der Waals surface area contributed by atoms with Crippen molar-refractivity contribution in [2.75, 3.05) is 78.5 Å². The largest absolute Gasteiger partial charge is 0.503 e. The molecule has 24 nitrogen and oxygen atoms in total. The maximum atomic E-state index is 14.1. The van der Waals surface area contributed by atoms with Crippen LogP contribution in [0.15, 0.2) is 148 Å². The molecule has 5 N–H and O–H groups in total. The summed E-state index contributed by atoms with van der Waals surface area (Å²) >= 11 is 2.34. The zero-order chi connectivity index (χ0) is 79.6. The molecule has 0 aliphatic carbocycles. The number of pyridine rings is 3. The molecule has 0 saturated carbocycles. The molecule has 0 spiro atoms. The molecule has 586 valence electrons. The summed E-state index contributed by atoms with van der Waals surface area (Å²) in [5.41, 5.74) is -1.33. The highest BCUT2D eigenvalue weighted by Gasteiger charge is 2.42. The average Bonchev–Trinajstić information content (AvgIpc) is 1.71. The molecule has 3 saturated heterocycles. The fourth-order valence-electron chi connectivity index (χ4n) is 13.7.